The molecular formula is C14H23N3OS. The molecule has 1 saturated carbocycles. The van der Waals surface area contributed by atoms with Crippen LogP contribution in [0.2, 0.25) is 0 Å². The summed E-state index contributed by atoms with van der Waals surface area (Å²) in [5, 5.41) is 3.49. The van der Waals surface area contributed by atoms with E-state index in [4.69, 9.17) is 4.74 Å². The normalized spacial score (nSPS) is 17.4. The number of hydrogen-bond acceptors (Lipinski definition) is 5. The minimum absolute atomic E-state index is 0.378. The number of thioether (sulfide) groups is 1. The second kappa shape index (κ2) is 6.46. The van der Waals surface area contributed by atoms with Crippen LogP contribution in [0.1, 0.15) is 38.2 Å². The van der Waals surface area contributed by atoms with E-state index >= 15 is 0 Å². The van der Waals surface area contributed by atoms with Crippen LogP contribution in [0, 0.1) is 6.92 Å². The van der Waals surface area contributed by atoms with Crippen molar-refractivity contribution in [3.63, 3.8) is 0 Å². The number of rotatable bonds is 6. The molecule has 0 unspecified atom stereocenters. The van der Waals surface area contributed by atoms with Crippen LogP contribution < -0.4 is 10.1 Å². The van der Waals surface area contributed by atoms with Crippen LogP contribution >= 0.6 is 11.8 Å². The Bertz CT molecular complexity index is 419. The maximum absolute atomic E-state index is 5.50. The van der Waals surface area contributed by atoms with E-state index in [1.165, 1.54) is 25.7 Å². The Morgan fingerprint density at radius 1 is 1.37 bits per heavy atom. The monoisotopic (exact) mass is 281 g/mol. The molecule has 1 aliphatic rings. The Kier molecular flexibility index (Phi) is 4.91. The van der Waals surface area contributed by atoms with Crippen molar-refractivity contribution in [2.45, 2.75) is 44.3 Å². The summed E-state index contributed by atoms with van der Waals surface area (Å²) in [6, 6.07) is 0. The molecule has 1 fully saturated rings. The average molecular weight is 281 g/mol. The molecule has 1 aromatic heterocycles. The first-order chi connectivity index (χ1) is 9.21. The van der Waals surface area contributed by atoms with Crippen LogP contribution in [0.3, 0.4) is 0 Å². The van der Waals surface area contributed by atoms with E-state index in [9.17, 15) is 0 Å². The van der Waals surface area contributed by atoms with Crippen LogP contribution in [0.5, 0.6) is 5.88 Å². The van der Waals surface area contributed by atoms with Gasteiger partial charge in [0.2, 0.25) is 5.88 Å². The minimum Gasteiger partial charge on any atom is -0.478 e. The average Bonchev–Trinajstić information content (AvgIpc) is 2.89. The second-order valence-electron chi connectivity index (χ2n) is 5.03. The summed E-state index contributed by atoms with van der Waals surface area (Å²) in [4.78, 5) is 8.50. The summed E-state index contributed by atoms with van der Waals surface area (Å²) in [6.45, 7) is 5.58. The summed E-state index contributed by atoms with van der Waals surface area (Å²) >= 11 is 1.98. The molecule has 0 amide bonds. The van der Waals surface area contributed by atoms with E-state index in [1.807, 2.05) is 25.6 Å². The smallest absolute Gasteiger partial charge is 0.221 e. The minimum atomic E-state index is 0.378. The summed E-state index contributed by atoms with van der Waals surface area (Å²) in [7, 11) is 0. The van der Waals surface area contributed by atoms with Gasteiger partial charge in [-0.3, -0.25) is 0 Å². The molecule has 1 N–H and O–H groups in total. The number of nitrogens with one attached hydrogen (secondary N) is 1. The number of aromatic nitrogens is 2. The maximum atomic E-state index is 5.50. The first-order valence-electron chi connectivity index (χ1n) is 6.94. The molecule has 1 aliphatic carbocycles. The molecule has 4 nitrogen and oxygen atoms in total. The Morgan fingerprint density at radius 3 is 2.74 bits per heavy atom. The third kappa shape index (κ3) is 3.32. The first-order valence-corrected chi connectivity index (χ1v) is 8.16. The molecule has 1 heterocycles. The van der Waals surface area contributed by atoms with Gasteiger partial charge in [0, 0.05) is 11.3 Å². The lowest BCUT2D eigenvalue weighted by atomic mass is 10.1. The summed E-state index contributed by atoms with van der Waals surface area (Å²) < 4.78 is 5.88. The molecular weight excluding hydrogens is 258 g/mol. The zero-order valence-corrected chi connectivity index (χ0v) is 12.8. The fourth-order valence-electron chi connectivity index (χ4n) is 2.61. The highest BCUT2D eigenvalue weighted by Crippen LogP contribution is 2.40. The van der Waals surface area contributed by atoms with Gasteiger partial charge >= 0.3 is 0 Å². The summed E-state index contributed by atoms with van der Waals surface area (Å²) in [5.41, 5.74) is 0.999. The SMILES string of the molecule is CCOc1ncnc(NCC2(SC)CCCC2)c1C. The lowest BCUT2D eigenvalue weighted by molar-refractivity contribution is 0.324. The fraction of sp³-hybridized carbons (Fsp3) is 0.714. The van der Waals surface area contributed by atoms with Crippen molar-refractivity contribution in [1.29, 1.82) is 0 Å². The zero-order chi connectivity index (χ0) is 13.7. The quantitative estimate of drug-likeness (QED) is 0.867. The van der Waals surface area contributed by atoms with E-state index in [0.29, 0.717) is 17.2 Å². The van der Waals surface area contributed by atoms with E-state index in [0.717, 1.165) is 17.9 Å². The van der Waals surface area contributed by atoms with Crippen LogP contribution in [0.4, 0.5) is 5.82 Å². The van der Waals surface area contributed by atoms with Gasteiger partial charge in [0.1, 0.15) is 12.1 Å². The van der Waals surface area contributed by atoms with Crippen molar-refractivity contribution in [2.75, 3.05) is 24.7 Å². The predicted molar refractivity (Wildman–Crippen MR) is 81.1 cm³/mol. The van der Waals surface area contributed by atoms with E-state index in [2.05, 4.69) is 21.5 Å². The molecule has 0 atom stereocenters. The highest BCUT2D eigenvalue weighted by Gasteiger charge is 2.32. The maximum Gasteiger partial charge on any atom is 0.221 e. The second-order valence-corrected chi connectivity index (χ2v) is 6.31. The van der Waals surface area contributed by atoms with Gasteiger partial charge in [-0.05, 0) is 32.9 Å². The lowest BCUT2D eigenvalue weighted by Gasteiger charge is -2.27. The molecule has 0 spiro atoms. The van der Waals surface area contributed by atoms with Gasteiger partial charge in [-0.25, -0.2) is 9.97 Å². The third-order valence-electron chi connectivity index (χ3n) is 3.84. The van der Waals surface area contributed by atoms with Gasteiger partial charge in [0.15, 0.2) is 0 Å². The number of ether oxygens (including phenoxy) is 1. The Balaban J connectivity index is 2.04. The van der Waals surface area contributed by atoms with Crippen LogP contribution in [0.25, 0.3) is 0 Å². The molecule has 0 bridgehead atoms. The van der Waals surface area contributed by atoms with Gasteiger partial charge in [0.25, 0.3) is 0 Å². The lowest BCUT2D eigenvalue weighted by Crippen LogP contribution is -2.30. The van der Waals surface area contributed by atoms with E-state index in [1.54, 1.807) is 6.33 Å². The molecule has 0 aliphatic heterocycles. The number of hydrogen-bond donors (Lipinski definition) is 1. The highest BCUT2D eigenvalue weighted by molar-refractivity contribution is 8.00. The summed E-state index contributed by atoms with van der Waals surface area (Å²) in [6.07, 6.45) is 9.06. The predicted octanol–water partition coefficient (Wildman–Crippen LogP) is 3.27. The largest absolute Gasteiger partial charge is 0.478 e. The number of anilines is 1. The molecule has 106 valence electrons. The molecule has 0 aromatic carbocycles. The van der Waals surface area contributed by atoms with Gasteiger partial charge < -0.3 is 10.1 Å². The van der Waals surface area contributed by atoms with Crippen LogP contribution in [-0.4, -0.2) is 34.1 Å². The number of nitrogens with zero attached hydrogens (tertiary/aromatic N) is 2. The van der Waals surface area contributed by atoms with Gasteiger partial charge in [-0.15, -0.1) is 0 Å². The van der Waals surface area contributed by atoms with E-state index in [-0.39, 0.29) is 0 Å². The van der Waals surface area contributed by atoms with Crippen molar-refractivity contribution in [2.24, 2.45) is 0 Å². The molecule has 0 radical (unpaired) electrons. The Hall–Kier alpha value is -0.970. The molecule has 2 rings (SSSR count). The van der Waals surface area contributed by atoms with E-state index < -0.39 is 0 Å². The molecule has 19 heavy (non-hydrogen) atoms. The molecule has 0 saturated heterocycles. The zero-order valence-electron chi connectivity index (χ0n) is 12.0. The van der Waals surface area contributed by atoms with Crippen LogP contribution in [-0.2, 0) is 0 Å². The Labute approximate surface area is 119 Å². The van der Waals surface area contributed by atoms with Crippen molar-refractivity contribution in [1.82, 2.24) is 9.97 Å². The third-order valence-corrected chi connectivity index (χ3v) is 5.26. The Morgan fingerprint density at radius 2 is 2.11 bits per heavy atom. The van der Waals surface area contributed by atoms with Crippen LogP contribution in [0.15, 0.2) is 6.33 Å². The standard InChI is InChI=1S/C14H23N3OS/c1-4-18-13-11(2)12(16-10-17-13)15-9-14(19-3)7-5-6-8-14/h10H,4-9H2,1-3H3,(H,15,16,17). The van der Waals surface area contributed by atoms with Crippen molar-refractivity contribution < 1.29 is 4.74 Å². The fourth-order valence-corrected chi connectivity index (χ4v) is 3.53. The highest BCUT2D eigenvalue weighted by atomic mass is 32.2. The van der Waals surface area contributed by atoms with Crippen molar-refractivity contribution in [3.8, 4) is 5.88 Å². The van der Waals surface area contributed by atoms with Gasteiger partial charge in [0.05, 0.1) is 12.2 Å². The molecule has 5 heteroatoms. The van der Waals surface area contributed by atoms with Gasteiger partial charge in [-0.1, -0.05) is 12.8 Å². The van der Waals surface area contributed by atoms with Gasteiger partial charge in [-0.2, -0.15) is 11.8 Å². The topological polar surface area (TPSA) is 47.0 Å². The van der Waals surface area contributed by atoms with Crippen molar-refractivity contribution in [3.05, 3.63) is 11.9 Å². The molecule has 1 aromatic rings. The first kappa shape index (κ1) is 14.4. The summed E-state index contributed by atoms with van der Waals surface area (Å²) in [5.74, 6) is 1.59. The van der Waals surface area contributed by atoms with Crippen molar-refractivity contribution >= 4 is 17.6 Å².